The zero-order chi connectivity index (χ0) is 7.98. The van der Waals surface area contributed by atoms with Gasteiger partial charge in [0.25, 0.3) is 0 Å². The molecule has 1 N–H and O–H groups in total. The standard InChI is InChI=1S/C8H10O2/c1-3-7(2)5-4-6-8(9)10/h3,5-6H,1-2H3,(H,9,10). The van der Waals surface area contributed by atoms with Crippen molar-refractivity contribution < 1.29 is 9.90 Å². The SMILES string of the molecule is CC=C(C)C=C=CC(=O)O. The quantitative estimate of drug-likeness (QED) is 0.358. The largest absolute Gasteiger partial charge is 0.478 e. The van der Waals surface area contributed by atoms with Crippen LogP contribution in [-0.2, 0) is 4.79 Å². The fourth-order valence-corrected chi connectivity index (χ4v) is 0.328. The first-order chi connectivity index (χ1) is 4.66. The van der Waals surface area contributed by atoms with Gasteiger partial charge in [0.1, 0.15) is 0 Å². The molecular formula is C8H10O2. The van der Waals surface area contributed by atoms with E-state index in [2.05, 4.69) is 5.73 Å². The fraction of sp³-hybridized carbons (Fsp3) is 0.250. The molecule has 0 aliphatic carbocycles. The highest BCUT2D eigenvalue weighted by molar-refractivity contribution is 5.79. The van der Waals surface area contributed by atoms with Crippen molar-refractivity contribution in [2.24, 2.45) is 0 Å². The molecule has 0 aromatic carbocycles. The van der Waals surface area contributed by atoms with Crippen molar-refractivity contribution in [1.29, 1.82) is 0 Å². The molecule has 2 nitrogen and oxygen atoms in total. The summed E-state index contributed by atoms with van der Waals surface area (Å²) >= 11 is 0. The van der Waals surface area contributed by atoms with Gasteiger partial charge in [0.2, 0.25) is 0 Å². The summed E-state index contributed by atoms with van der Waals surface area (Å²) in [6.07, 6.45) is 4.48. The van der Waals surface area contributed by atoms with Crippen molar-refractivity contribution in [3.05, 3.63) is 29.5 Å². The topological polar surface area (TPSA) is 37.3 Å². The third-order valence-corrected chi connectivity index (χ3v) is 0.973. The first-order valence-electron chi connectivity index (χ1n) is 2.95. The van der Waals surface area contributed by atoms with Gasteiger partial charge in [-0.15, -0.1) is 5.73 Å². The predicted molar refractivity (Wildman–Crippen MR) is 39.7 cm³/mol. The maximum absolute atomic E-state index is 9.91. The first kappa shape index (κ1) is 8.73. The van der Waals surface area contributed by atoms with E-state index in [1.165, 1.54) is 0 Å². The Labute approximate surface area is 60.2 Å². The molecule has 0 aliphatic rings. The normalized spacial score (nSPS) is 10.0. The van der Waals surface area contributed by atoms with Gasteiger partial charge in [0, 0.05) is 0 Å². The summed E-state index contributed by atoms with van der Waals surface area (Å²) in [5.74, 6) is -0.972. The number of hydrogen-bond donors (Lipinski definition) is 1. The monoisotopic (exact) mass is 138 g/mol. The minimum atomic E-state index is -0.972. The van der Waals surface area contributed by atoms with E-state index in [4.69, 9.17) is 5.11 Å². The average molecular weight is 138 g/mol. The van der Waals surface area contributed by atoms with E-state index in [-0.39, 0.29) is 0 Å². The highest BCUT2D eigenvalue weighted by atomic mass is 16.4. The van der Waals surface area contributed by atoms with Crippen LogP contribution in [-0.4, -0.2) is 11.1 Å². The number of carboxylic acid groups (broad SMARTS) is 1. The van der Waals surface area contributed by atoms with Crippen LogP contribution < -0.4 is 0 Å². The molecule has 2 heteroatoms. The highest BCUT2D eigenvalue weighted by Crippen LogP contribution is 1.90. The summed E-state index contributed by atoms with van der Waals surface area (Å²) in [5, 5.41) is 8.14. The molecule has 0 saturated carbocycles. The Balaban J connectivity index is 4.12. The maximum Gasteiger partial charge on any atom is 0.336 e. The van der Waals surface area contributed by atoms with E-state index in [0.717, 1.165) is 11.6 Å². The average Bonchev–Trinajstić information content (AvgIpc) is 1.87. The van der Waals surface area contributed by atoms with Crippen molar-refractivity contribution in [3.63, 3.8) is 0 Å². The van der Waals surface area contributed by atoms with E-state index >= 15 is 0 Å². The molecule has 0 radical (unpaired) electrons. The van der Waals surface area contributed by atoms with Crippen LogP contribution in [0.15, 0.2) is 29.5 Å². The van der Waals surface area contributed by atoms with Crippen molar-refractivity contribution in [1.82, 2.24) is 0 Å². The lowest BCUT2D eigenvalue weighted by Gasteiger charge is -1.80. The molecule has 0 bridgehead atoms. The minimum absolute atomic E-state index is 0.972. The van der Waals surface area contributed by atoms with Gasteiger partial charge in [-0.3, -0.25) is 0 Å². The van der Waals surface area contributed by atoms with Crippen LogP contribution in [0.5, 0.6) is 0 Å². The van der Waals surface area contributed by atoms with E-state index in [1.54, 1.807) is 6.08 Å². The lowest BCUT2D eigenvalue weighted by Crippen LogP contribution is -1.83. The maximum atomic E-state index is 9.91. The van der Waals surface area contributed by atoms with Crippen molar-refractivity contribution in [2.45, 2.75) is 13.8 Å². The van der Waals surface area contributed by atoms with Gasteiger partial charge < -0.3 is 5.11 Å². The molecule has 0 aromatic rings. The molecule has 0 fully saturated rings. The Morgan fingerprint density at radius 3 is 2.50 bits per heavy atom. The Bertz CT molecular complexity index is 205. The molecule has 0 spiro atoms. The highest BCUT2D eigenvalue weighted by Gasteiger charge is 1.79. The summed E-state index contributed by atoms with van der Waals surface area (Å²) in [4.78, 5) is 9.91. The molecule has 0 aliphatic heterocycles. The molecule has 10 heavy (non-hydrogen) atoms. The molecule has 0 atom stereocenters. The number of allylic oxidation sites excluding steroid dienone is 2. The number of carboxylic acids is 1. The van der Waals surface area contributed by atoms with E-state index < -0.39 is 5.97 Å². The van der Waals surface area contributed by atoms with Crippen molar-refractivity contribution in [3.8, 4) is 0 Å². The van der Waals surface area contributed by atoms with E-state index in [0.29, 0.717) is 0 Å². The van der Waals surface area contributed by atoms with Crippen LogP contribution in [0.3, 0.4) is 0 Å². The second-order valence-corrected chi connectivity index (χ2v) is 1.83. The summed E-state index contributed by atoms with van der Waals surface area (Å²) in [6, 6.07) is 0. The molecule has 0 unspecified atom stereocenters. The van der Waals surface area contributed by atoms with Crippen LogP contribution in [0.25, 0.3) is 0 Å². The smallest absolute Gasteiger partial charge is 0.336 e. The second kappa shape index (κ2) is 4.59. The van der Waals surface area contributed by atoms with E-state index in [9.17, 15) is 4.79 Å². The van der Waals surface area contributed by atoms with Gasteiger partial charge >= 0.3 is 5.97 Å². The third-order valence-electron chi connectivity index (χ3n) is 0.973. The minimum Gasteiger partial charge on any atom is -0.478 e. The van der Waals surface area contributed by atoms with Crippen LogP contribution in [0, 0.1) is 0 Å². The molecule has 0 saturated heterocycles. The Hall–Kier alpha value is -1.27. The summed E-state index contributed by atoms with van der Waals surface area (Å²) in [6.45, 7) is 3.76. The number of rotatable bonds is 2. The number of carbonyl (C=O) groups is 1. The fourth-order valence-electron chi connectivity index (χ4n) is 0.328. The van der Waals surface area contributed by atoms with Crippen LogP contribution >= 0.6 is 0 Å². The van der Waals surface area contributed by atoms with E-state index in [1.807, 2.05) is 19.9 Å². The lowest BCUT2D eigenvalue weighted by molar-refractivity contribution is -0.131. The molecule has 0 rings (SSSR count). The lowest BCUT2D eigenvalue weighted by atomic mass is 10.3. The number of hydrogen-bond acceptors (Lipinski definition) is 1. The van der Waals surface area contributed by atoms with Gasteiger partial charge in [0.05, 0.1) is 6.08 Å². The molecule has 54 valence electrons. The molecular weight excluding hydrogens is 128 g/mol. The Morgan fingerprint density at radius 2 is 2.10 bits per heavy atom. The van der Waals surface area contributed by atoms with Crippen LogP contribution in [0.1, 0.15) is 13.8 Å². The van der Waals surface area contributed by atoms with Gasteiger partial charge in [-0.2, -0.15) is 0 Å². The molecule has 0 heterocycles. The predicted octanol–water partition coefficient (Wildman–Crippen LogP) is 1.75. The van der Waals surface area contributed by atoms with Crippen molar-refractivity contribution in [2.75, 3.05) is 0 Å². The van der Waals surface area contributed by atoms with Gasteiger partial charge in [-0.05, 0) is 25.5 Å². The van der Waals surface area contributed by atoms with Crippen molar-refractivity contribution >= 4 is 5.97 Å². The third kappa shape index (κ3) is 4.88. The molecule has 0 aromatic heterocycles. The number of aliphatic carboxylic acids is 1. The van der Waals surface area contributed by atoms with Crippen LogP contribution in [0.4, 0.5) is 0 Å². The second-order valence-electron chi connectivity index (χ2n) is 1.83. The first-order valence-corrected chi connectivity index (χ1v) is 2.95. The molecule has 0 amide bonds. The van der Waals surface area contributed by atoms with Gasteiger partial charge in [-0.1, -0.05) is 6.08 Å². The Kier molecular flexibility index (Phi) is 4.01. The van der Waals surface area contributed by atoms with Crippen LogP contribution in [0.2, 0.25) is 0 Å². The zero-order valence-electron chi connectivity index (χ0n) is 6.09. The van der Waals surface area contributed by atoms with Gasteiger partial charge in [-0.25, -0.2) is 4.79 Å². The zero-order valence-corrected chi connectivity index (χ0v) is 6.09. The van der Waals surface area contributed by atoms with Gasteiger partial charge in [0.15, 0.2) is 0 Å². The summed E-state index contributed by atoms with van der Waals surface area (Å²) < 4.78 is 0. The Morgan fingerprint density at radius 1 is 1.50 bits per heavy atom. The summed E-state index contributed by atoms with van der Waals surface area (Å²) in [7, 11) is 0. The summed E-state index contributed by atoms with van der Waals surface area (Å²) in [5.41, 5.74) is 3.52.